The molecule has 0 aliphatic heterocycles. The Morgan fingerprint density at radius 3 is 2.26 bits per heavy atom. The van der Waals surface area contributed by atoms with Gasteiger partial charge in [0.05, 0.1) is 19.4 Å². The van der Waals surface area contributed by atoms with E-state index in [9.17, 15) is 4.79 Å². The normalized spacial score (nSPS) is 12.3. The Kier molecular flexibility index (Phi) is 7.70. The number of carboxylic acid groups (broad SMARTS) is 1. The van der Waals surface area contributed by atoms with Crippen molar-refractivity contribution < 1.29 is 24.2 Å². The Morgan fingerprint density at radius 1 is 1.11 bits per heavy atom. The Labute approximate surface area is 159 Å². The lowest BCUT2D eigenvalue weighted by Gasteiger charge is -2.15. The van der Waals surface area contributed by atoms with Crippen molar-refractivity contribution in [1.82, 2.24) is 5.48 Å². The average Bonchev–Trinajstić information content (AvgIpc) is 2.70. The van der Waals surface area contributed by atoms with Crippen LogP contribution in [0.15, 0.2) is 54.6 Å². The van der Waals surface area contributed by atoms with E-state index in [1.807, 2.05) is 49.4 Å². The molecule has 1 atom stereocenters. The summed E-state index contributed by atoms with van der Waals surface area (Å²) in [6.07, 6.45) is 1.46. The molecule has 144 valence electrons. The summed E-state index contributed by atoms with van der Waals surface area (Å²) in [4.78, 5) is 16.6. The fourth-order valence-electron chi connectivity index (χ4n) is 2.39. The van der Waals surface area contributed by atoms with E-state index in [1.54, 1.807) is 26.2 Å². The van der Waals surface area contributed by atoms with E-state index in [1.165, 1.54) is 0 Å². The number of allylic oxidation sites excluding steroid dienone is 1. The number of carbonyl (C=O) groups is 1. The van der Waals surface area contributed by atoms with Crippen LogP contribution in [-0.4, -0.2) is 24.3 Å². The molecule has 0 heterocycles. The molecule has 0 aliphatic carbocycles. The molecule has 27 heavy (non-hydrogen) atoms. The summed E-state index contributed by atoms with van der Waals surface area (Å²) in [6, 6.07) is 14.8. The van der Waals surface area contributed by atoms with Crippen molar-refractivity contribution in [1.29, 1.82) is 0 Å². The average molecular weight is 371 g/mol. The highest BCUT2D eigenvalue weighted by Gasteiger charge is 2.16. The number of aliphatic carboxylic acids is 1. The van der Waals surface area contributed by atoms with Crippen LogP contribution >= 0.6 is 0 Å². The predicted molar refractivity (Wildman–Crippen MR) is 103 cm³/mol. The van der Waals surface area contributed by atoms with E-state index in [0.29, 0.717) is 18.8 Å². The SMILES string of the molecule is CC=C(NOCc1ccc(OC)cc1)c1ccc(OC(CC)C(=O)O)cc1. The van der Waals surface area contributed by atoms with Gasteiger partial charge < -0.3 is 14.6 Å². The second kappa shape index (κ2) is 10.2. The Bertz CT molecular complexity index is 753. The van der Waals surface area contributed by atoms with Gasteiger partial charge in [0.1, 0.15) is 11.5 Å². The monoisotopic (exact) mass is 371 g/mol. The van der Waals surface area contributed by atoms with E-state index < -0.39 is 12.1 Å². The molecule has 6 heteroatoms. The molecule has 0 bridgehead atoms. The lowest BCUT2D eigenvalue weighted by Crippen LogP contribution is -2.25. The molecule has 0 saturated carbocycles. The second-order valence-corrected chi connectivity index (χ2v) is 5.82. The highest BCUT2D eigenvalue weighted by molar-refractivity contribution is 5.72. The van der Waals surface area contributed by atoms with E-state index in [4.69, 9.17) is 19.4 Å². The lowest BCUT2D eigenvalue weighted by molar-refractivity contribution is -0.145. The Balaban J connectivity index is 1.91. The summed E-state index contributed by atoms with van der Waals surface area (Å²) in [7, 11) is 1.63. The zero-order valence-electron chi connectivity index (χ0n) is 15.8. The maximum absolute atomic E-state index is 11.1. The molecule has 2 aromatic carbocycles. The summed E-state index contributed by atoms with van der Waals surface area (Å²) in [6.45, 7) is 4.08. The molecule has 0 saturated heterocycles. The van der Waals surface area contributed by atoms with Crippen LogP contribution in [0.1, 0.15) is 31.4 Å². The van der Waals surface area contributed by atoms with Gasteiger partial charge >= 0.3 is 5.97 Å². The van der Waals surface area contributed by atoms with Crippen molar-refractivity contribution in [2.24, 2.45) is 0 Å². The van der Waals surface area contributed by atoms with Gasteiger partial charge in [0.15, 0.2) is 6.10 Å². The molecule has 0 spiro atoms. The van der Waals surface area contributed by atoms with Crippen molar-refractivity contribution in [2.45, 2.75) is 33.0 Å². The number of rotatable bonds is 10. The third-order valence-corrected chi connectivity index (χ3v) is 3.96. The van der Waals surface area contributed by atoms with Crippen LogP contribution in [0.2, 0.25) is 0 Å². The maximum Gasteiger partial charge on any atom is 0.344 e. The number of methoxy groups -OCH3 is 1. The quantitative estimate of drug-likeness (QED) is 0.614. The van der Waals surface area contributed by atoms with Gasteiger partial charge in [-0.15, -0.1) is 0 Å². The van der Waals surface area contributed by atoms with E-state index in [-0.39, 0.29) is 0 Å². The number of carboxylic acids is 1. The number of nitrogens with one attached hydrogen (secondary N) is 1. The third-order valence-electron chi connectivity index (χ3n) is 3.96. The van der Waals surface area contributed by atoms with Crippen LogP contribution in [-0.2, 0) is 16.2 Å². The highest BCUT2D eigenvalue weighted by Crippen LogP contribution is 2.19. The fourth-order valence-corrected chi connectivity index (χ4v) is 2.39. The van der Waals surface area contributed by atoms with Crippen LogP contribution in [0.25, 0.3) is 5.70 Å². The molecule has 0 aromatic heterocycles. The first-order valence-electron chi connectivity index (χ1n) is 8.74. The molecule has 2 N–H and O–H groups in total. The van der Waals surface area contributed by atoms with Gasteiger partial charge in [-0.25, -0.2) is 4.79 Å². The van der Waals surface area contributed by atoms with Gasteiger partial charge in [-0.1, -0.05) is 25.1 Å². The van der Waals surface area contributed by atoms with Crippen molar-refractivity contribution in [3.8, 4) is 11.5 Å². The maximum atomic E-state index is 11.1. The van der Waals surface area contributed by atoms with Crippen molar-refractivity contribution in [2.75, 3.05) is 7.11 Å². The third kappa shape index (κ3) is 6.04. The predicted octanol–water partition coefficient (Wildman–Crippen LogP) is 4.02. The van der Waals surface area contributed by atoms with Crippen LogP contribution in [0.5, 0.6) is 11.5 Å². The van der Waals surface area contributed by atoms with Gasteiger partial charge in [0, 0.05) is 0 Å². The summed E-state index contributed by atoms with van der Waals surface area (Å²) < 4.78 is 10.6. The van der Waals surface area contributed by atoms with E-state index >= 15 is 0 Å². The minimum absolute atomic E-state index is 0.401. The zero-order valence-corrected chi connectivity index (χ0v) is 15.8. The van der Waals surface area contributed by atoms with Crippen LogP contribution in [0.4, 0.5) is 0 Å². The molecule has 2 aromatic rings. The molecule has 0 radical (unpaired) electrons. The van der Waals surface area contributed by atoms with E-state index in [2.05, 4.69) is 5.48 Å². The summed E-state index contributed by atoms with van der Waals surface area (Å²) in [5.74, 6) is 0.350. The highest BCUT2D eigenvalue weighted by atomic mass is 16.6. The molecular weight excluding hydrogens is 346 g/mol. The number of hydrogen-bond acceptors (Lipinski definition) is 5. The standard InChI is InChI=1S/C21H25NO5/c1-4-19(22-26-14-15-6-10-17(25-3)11-7-15)16-8-12-18(13-9-16)27-20(5-2)21(23)24/h4,6-13,20,22H,5,14H2,1-3H3,(H,23,24). The van der Waals surface area contributed by atoms with Crippen LogP contribution in [0, 0.1) is 0 Å². The van der Waals surface area contributed by atoms with Crippen LogP contribution in [0.3, 0.4) is 0 Å². The number of benzene rings is 2. The van der Waals surface area contributed by atoms with Crippen molar-refractivity contribution in [3.05, 3.63) is 65.7 Å². The number of ether oxygens (including phenoxy) is 2. The first kappa shape index (κ1) is 20.3. The van der Waals surface area contributed by atoms with E-state index in [0.717, 1.165) is 22.6 Å². The summed E-state index contributed by atoms with van der Waals surface area (Å²) in [5.41, 5.74) is 5.67. The molecule has 0 aliphatic rings. The minimum Gasteiger partial charge on any atom is -0.497 e. The molecular formula is C21H25NO5. The molecule has 2 rings (SSSR count). The number of hydrogen-bond donors (Lipinski definition) is 2. The number of hydroxylamine groups is 1. The summed E-state index contributed by atoms with van der Waals surface area (Å²) >= 11 is 0. The largest absolute Gasteiger partial charge is 0.497 e. The lowest BCUT2D eigenvalue weighted by atomic mass is 10.1. The minimum atomic E-state index is -0.968. The van der Waals surface area contributed by atoms with Gasteiger partial charge in [-0.2, -0.15) is 0 Å². The first-order valence-corrected chi connectivity index (χ1v) is 8.74. The smallest absolute Gasteiger partial charge is 0.344 e. The van der Waals surface area contributed by atoms with Gasteiger partial charge in [-0.3, -0.25) is 10.3 Å². The molecule has 1 unspecified atom stereocenters. The molecule has 6 nitrogen and oxygen atoms in total. The van der Waals surface area contributed by atoms with Gasteiger partial charge in [-0.05, 0) is 60.9 Å². The molecule has 0 fully saturated rings. The second-order valence-electron chi connectivity index (χ2n) is 5.82. The topological polar surface area (TPSA) is 77.0 Å². The fraction of sp³-hybridized carbons (Fsp3) is 0.286. The van der Waals surface area contributed by atoms with Crippen molar-refractivity contribution >= 4 is 11.7 Å². The zero-order chi connectivity index (χ0) is 19.6. The Hall–Kier alpha value is -2.99. The Morgan fingerprint density at radius 2 is 1.74 bits per heavy atom. The van der Waals surface area contributed by atoms with Crippen LogP contribution < -0.4 is 15.0 Å². The van der Waals surface area contributed by atoms with Gasteiger partial charge in [0.25, 0.3) is 0 Å². The first-order chi connectivity index (χ1) is 13.1. The van der Waals surface area contributed by atoms with Crippen molar-refractivity contribution in [3.63, 3.8) is 0 Å². The summed E-state index contributed by atoms with van der Waals surface area (Å²) in [5, 5.41) is 9.07. The molecule has 0 amide bonds. The van der Waals surface area contributed by atoms with Gasteiger partial charge in [0.2, 0.25) is 0 Å².